The van der Waals surface area contributed by atoms with Gasteiger partial charge in [0.2, 0.25) is 5.65 Å². The van der Waals surface area contributed by atoms with E-state index in [4.69, 9.17) is 4.74 Å². The molecular weight excluding hydrogens is 303 g/mol. The quantitative estimate of drug-likeness (QED) is 0.730. The number of rotatable bonds is 2. The number of aromatic nitrogens is 4. The molecule has 0 aliphatic carbocycles. The lowest BCUT2D eigenvalue weighted by Gasteiger charge is -2.06. The van der Waals surface area contributed by atoms with E-state index in [-0.39, 0.29) is 5.82 Å². The number of nitrogens with zero attached hydrogens (tertiary/aromatic N) is 4. The zero-order chi connectivity index (χ0) is 12.5. The van der Waals surface area contributed by atoms with E-state index in [1.165, 1.54) is 18.2 Å². The van der Waals surface area contributed by atoms with Gasteiger partial charge in [-0.2, -0.15) is 0 Å². The smallest absolute Gasteiger partial charge is 0.265 e. The molecule has 0 aliphatic heterocycles. The van der Waals surface area contributed by atoms with Crippen molar-refractivity contribution < 1.29 is 9.13 Å². The fraction of sp³-hybridized carbons (Fsp3) is 0. The van der Waals surface area contributed by atoms with E-state index < -0.39 is 0 Å². The Morgan fingerprint density at radius 2 is 2.22 bits per heavy atom. The highest BCUT2D eigenvalue weighted by Crippen LogP contribution is 2.30. The third-order valence-corrected chi connectivity index (χ3v) is 2.90. The first kappa shape index (κ1) is 11.1. The Morgan fingerprint density at radius 1 is 1.33 bits per heavy atom. The van der Waals surface area contributed by atoms with E-state index in [0.717, 1.165) is 0 Å². The summed E-state index contributed by atoms with van der Waals surface area (Å²) in [5, 5.41) is 7.66. The van der Waals surface area contributed by atoms with Crippen molar-refractivity contribution in [1.29, 1.82) is 0 Å². The Balaban J connectivity index is 2.03. The van der Waals surface area contributed by atoms with Crippen LogP contribution in [-0.4, -0.2) is 19.6 Å². The molecule has 0 amide bonds. The third-order valence-electron chi connectivity index (χ3n) is 2.28. The lowest BCUT2D eigenvalue weighted by molar-refractivity contribution is 0.460. The maximum Gasteiger partial charge on any atom is 0.265 e. The minimum atomic E-state index is -0.345. The topological polar surface area (TPSA) is 52.3 Å². The van der Waals surface area contributed by atoms with E-state index in [1.54, 1.807) is 23.1 Å². The van der Waals surface area contributed by atoms with Crippen LogP contribution in [0.15, 0.2) is 41.4 Å². The summed E-state index contributed by atoms with van der Waals surface area (Å²) in [5.74, 6) is 0.421. The molecular formula is C11H6BrFN4O. The largest absolute Gasteiger partial charge is 0.435 e. The molecule has 3 rings (SSSR count). The molecule has 0 saturated carbocycles. The van der Waals surface area contributed by atoms with Crippen LogP contribution in [0.1, 0.15) is 0 Å². The van der Waals surface area contributed by atoms with E-state index >= 15 is 0 Å². The predicted molar refractivity (Wildman–Crippen MR) is 65.0 cm³/mol. The van der Waals surface area contributed by atoms with Crippen LogP contribution in [0.5, 0.6) is 11.6 Å². The van der Waals surface area contributed by atoms with Crippen LogP contribution in [0, 0.1) is 5.82 Å². The van der Waals surface area contributed by atoms with E-state index in [1.807, 2.05) is 0 Å². The molecule has 0 spiro atoms. The van der Waals surface area contributed by atoms with Crippen molar-refractivity contribution in [3.8, 4) is 11.6 Å². The second kappa shape index (κ2) is 4.34. The van der Waals surface area contributed by atoms with Gasteiger partial charge in [0, 0.05) is 12.4 Å². The molecule has 0 atom stereocenters. The van der Waals surface area contributed by atoms with Crippen LogP contribution in [0.25, 0.3) is 5.65 Å². The van der Waals surface area contributed by atoms with E-state index in [2.05, 4.69) is 31.1 Å². The molecule has 90 valence electrons. The van der Waals surface area contributed by atoms with Gasteiger partial charge in [-0.15, -0.1) is 10.2 Å². The highest BCUT2D eigenvalue weighted by Gasteiger charge is 2.10. The number of ether oxygens (including phenoxy) is 1. The molecule has 0 radical (unpaired) electrons. The van der Waals surface area contributed by atoms with Crippen LogP contribution < -0.4 is 4.74 Å². The molecule has 0 N–H and O–H groups in total. The monoisotopic (exact) mass is 308 g/mol. The number of hydrogen-bond acceptors (Lipinski definition) is 4. The molecule has 3 aromatic rings. The molecule has 0 fully saturated rings. The van der Waals surface area contributed by atoms with Crippen molar-refractivity contribution in [2.75, 3.05) is 0 Å². The van der Waals surface area contributed by atoms with Gasteiger partial charge in [0.1, 0.15) is 17.9 Å². The van der Waals surface area contributed by atoms with Crippen LogP contribution in [0.3, 0.4) is 0 Å². The maximum absolute atomic E-state index is 13.0. The van der Waals surface area contributed by atoms with Crippen molar-refractivity contribution in [1.82, 2.24) is 19.6 Å². The molecule has 2 aromatic heterocycles. The molecule has 5 nitrogen and oxygen atoms in total. The summed E-state index contributed by atoms with van der Waals surface area (Å²) in [7, 11) is 0. The van der Waals surface area contributed by atoms with Gasteiger partial charge in [-0.05, 0) is 34.1 Å². The summed E-state index contributed by atoms with van der Waals surface area (Å²) in [6.07, 6.45) is 4.83. The number of fused-ring (bicyclic) bond motifs is 1. The molecule has 0 saturated heterocycles. The van der Waals surface area contributed by atoms with Crippen LogP contribution >= 0.6 is 15.9 Å². The fourth-order valence-electron chi connectivity index (χ4n) is 1.47. The predicted octanol–water partition coefficient (Wildman–Crippen LogP) is 2.82. The fourth-order valence-corrected chi connectivity index (χ4v) is 1.90. The van der Waals surface area contributed by atoms with Gasteiger partial charge in [0.25, 0.3) is 5.88 Å². The average molecular weight is 309 g/mol. The molecule has 0 unspecified atom stereocenters. The minimum Gasteiger partial charge on any atom is -0.435 e. The van der Waals surface area contributed by atoms with E-state index in [9.17, 15) is 4.39 Å². The SMILES string of the molecule is Fc1ccc(Oc2nccn3cnnc23)c(Br)c1. The lowest BCUT2D eigenvalue weighted by Crippen LogP contribution is -1.94. The third kappa shape index (κ3) is 1.92. The Morgan fingerprint density at radius 3 is 3.06 bits per heavy atom. The first-order chi connectivity index (χ1) is 8.74. The highest BCUT2D eigenvalue weighted by molar-refractivity contribution is 9.10. The van der Waals surface area contributed by atoms with Gasteiger partial charge in [-0.25, -0.2) is 9.37 Å². The first-order valence-electron chi connectivity index (χ1n) is 5.01. The summed E-state index contributed by atoms with van der Waals surface area (Å²) in [6.45, 7) is 0. The summed E-state index contributed by atoms with van der Waals surface area (Å²) in [4.78, 5) is 4.08. The number of hydrogen-bond donors (Lipinski definition) is 0. The van der Waals surface area contributed by atoms with Crippen LogP contribution in [-0.2, 0) is 0 Å². The minimum absolute atomic E-state index is 0.308. The van der Waals surface area contributed by atoms with Crippen molar-refractivity contribution in [2.24, 2.45) is 0 Å². The van der Waals surface area contributed by atoms with Gasteiger partial charge < -0.3 is 4.74 Å². The van der Waals surface area contributed by atoms with Crippen LogP contribution in [0.2, 0.25) is 0 Å². The molecule has 1 aromatic carbocycles. The Hall–Kier alpha value is -2.02. The number of benzene rings is 1. The van der Waals surface area contributed by atoms with Crippen molar-refractivity contribution in [3.05, 3.63) is 47.2 Å². The zero-order valence-electron chi connectivity index (χ0n) is 8.92. The maximum atomic E-state index is 13.0. The van der Waals surface area contributed by atoms with Gasteiger partial charge in [-0.3, -0.25) is 4.40 Å². The van der Waals surface area contributed by atoms with Gasteiger partial charge in [0.15, 0.2) is 0 Å². The zero-order valence-corrected chi connectivity index (χ0v) is 10.5. The first-order valence-corrected chi connectivity index (χ1v) is 5.80. The second-order valence-electron chi connectivity index (χ2n) is 3.47. The summed E-state index contributed by atoms with van der Waals surface area (Å²) < 4.78 is 20.7. The standard InChI is InChI=1S/C11H6BrFN4O/c12-8-5-7(13)1-2-9(8)18-11-10-16-15-6-17(10)4-3-14-11/h1-6H. The Labute approximate surface area is 109 Å². The molecule has 7 heteroatoms. The Bertz CT molecular complexity index is 715. The van der Waals surface area contributed by atoms with E-state index in [0.29, 0.717) is 21.7 Å². The van der Waals surface area contributed by atoms with Crippen molar-refractivity contribution >= 4 is 21.6 Å². The molecule has 2 heterocycles. The summed E-state index contributed by atoms with van der Waals surface area (Å²) >= 11 is 3.22. The van der Waals surface area contributed by atoms with Gasteiger partial charge in [0.05, 0.1) is 4.47 Å². The van der Waals surface area contributed by atoms with Gasteiger partial charge in [-0.1, -0.05) is 0 Å². The van der Waals surface area contributed by atoms with Crippen molar-refractivity contribution in [3.63, 3.8) is 0 Å². The molecule has 0 bridgehead atoms. The molecule has 0 aliphatic rings. The van der Waals surface area contributed by atoms with Crippen LogP contribution in [0.4, 0.5) is 4.39 Å². The average Bonchev–Trinajstić information content (AvgIpc) is 2.82. The van der Waals surface area contributed by atoms with Crippen molar-refractivity contribution in [2.45, 2.75) is 0 Å². The second-order valence-corrected chi connectivity index (χ2v) is 4.33. The molecule has 18 heavy (non-hydrogen) atoms. The summed E-state index contributed by atoms with van der Waals surface area (Å²) in [6, 6.07) is 4.14. The summed E-state index contributed by atoms with van der Waals surface area (Å²) in [5.41, 5.74) is 0.494. The Kier molecular flexibility index (Phi) is 2.67. The highest BCUT2D eigenvalue weighted by atomic mass is 79.9. The lowest BCUT2D eigenvalue weighted by atomic mass is 10.3. The normalized spacial score (nSPS) is 10.8. The number of halogens is 2. The van der Waals surface area contributed by atoms with Gasteiger partial charge >= 0.3 is 0 Å².